The molecular weight excluding hydrogens is 278 g/mol. The van der Waals surface area contributed by atoms with E-state index in [-0.39, 0.29) is 43.6 Å². The van der Waals surface area contributed by atoms with Gasteiger partial charge in [0.2, 0.25) is 0 Å². The lowest BCUT2D eigenvalue weighted by Gasteiger charge is -2.23. The Bertz CT molecular complexity index is 501. The molecule has 1 aromatic carbocycles. The van der Waals surface area contributed by atoms with E-state index in [0.717, 1.165) is 0 Å². The van der Waals surface area contributed by atoms with Crippen molar-refractivity contribution < 1.29 is 19.9 Å². The number of hydrogen-bond donors (Lipinski definition) is 3. The molecule has 1 rings (SSSR count). The van der Waals surface area contributed by atoms with Gasteiger partial charge in [0.25, 0.3) is 11.6 Å². The van der Waals surface area contributed by atoms with Crippen LogP contribution in [0.25, 0.3) is 0 Å². The summed E-state index contributed by atoms with van der Waals surface area (Å²) >= 11 is 0. The topological polar surface area (TPSA) is 116 Å². The Kier molecular flexibility index (Phi) is 6.57. The summed E-state index contributed by atoms with van der Waals surface area (Å²) < 4.78 is 0. The predicted octanol–water partition coefficient (Wildman–Crippen LogP) is 0.135. The number of nitro groups is 1. The Balaban J connectivity index is 3.25. The highest BCUT2D eigenvalue weighted by Gasteiger charge is 2.21. The lowest BCUT2D eigenvalue weighted by Crippen LogP contribution is -2.31. The van der Waals surface area contributed by atoms with Gasteiger partial charge in [-0.15, -0.1) is 0 Å². The number of hydrogen-bond acceptors (Lipinski definition) is 6. The molecule has 0 aliphatic heterocycles. The van der Waals surface area contributed by atoms with Crippen molar-refractivity contribution in [1.82, 2.24) is 5.32 Å². The zero-order valence-electron chi connectivity index (χ0n) is 11.8. The summed E-state index contributed by atoms with van der Waals surface area (Å²) in [6.07, 6.45) is 0. The molecule has 0 radical (unpaired) electrons. The third-order valence-corrected chi connectivity index (χ3v) is 2.85. The van der Waals surface area contributed by atoms with E-state index in [0.29, 0.717) is 12.1 Å². The summed E-state index contributed by atoms with van der Waals surface area (Å²) in [5, 5.41) is 31.8. The van der Waals surface area contributed by atoms with Crippen molar-refractivity contribution in [2.45, 2.75) is 6.92 Å². The van der Waals surface area contributed by atoms with Crippen molar-refractivity contribution in [3.05, 3.63) is 33.9 Å². The van der Waals surface area contributed by atoms with E-state index in [1.165, 1.54) is 23.1 Å². The monoisotopic (exact) mass is 297 g/mol. The smallest absolute Gasteiger partial charge is 0.292 e. The first kappa shape index (κ1) is 16.9. The number of rotatable bonds is 8. The minimum absolute atomic E-state index is 0.125. The van der Waals surface area contributed by atoms with Crippen LogP contribution in [0.5, 0.6) is 0 Å². The van der Waals surface area contributed by atoms with Gasteiger partial charge in [-0.05, 0) is 19.1 Å². The van der Waals surface area contributed by atoms with Gasteiger partial charge in [-0.25, -0.2) is 0 Å². The fourth-order valence-corrected chi connectivity index (χ4v) is 1.93. The zero-order chi connectivity index (χ0) is 15.8. The van der Waals surface area contributed by atoms with Gasteiger partial charge in [0.15, 0.2) is 0 Å². The third kappa shape index (κ3) is 4.40. The number of nitrogens with zero attached hydrogens (tertiary/aromatic N) is 2. The van der Waals surface area contributed by atoms with Crippen LogP contribution in [0.3, 0.4) is 0 Å². The quantitative estimate of drug-likeness (QED) is 0.464. The van der Waals surface area contributed by atoms with Gasteiger partial charge in [-0.3, -0.25) is 14.9 Å². The molecule has 21 heavy (non-hydrogen) atoms. The van der Waals surface area contributed by atoms with E-state index in [1.54, 1.807) is 6.92 Å². The Morgan fingerprint density at radius 3 is 2.43 bits per heavy atom. The maximum atomic E-state index is 11.8. The number of aliphatic hydroxyl groups is 2. The number of benzene rings is 1. The molecule has 0 atom stereocenters. The van der Waals surface area contributed by atoms with Gasteiger partial charge < -0.3 is 20.4 Å². The highest BCUT2D eigenvalue weighted by Crippen LogP contribution is 2.29. The number of anilines is 1. The van der Waals surface area contributed by atoms with Crippen LogP contribution in [-0.4, -0.2) is 53.9 Å². The molecule has 0 aliphatic rings. The van der Waals surface area contributed by atoms with Crippen molar-refractivity contribution in [3.63, 3.8) is 0 Å². The maximum absolute atomic E-state index is 11.8. The summed E-state index contributed by atoms with van der Waals surface area (Å²) in [5.74, 6) is -0.332. The van der Waals surface area contributed by atoms with Crippen LogP contribution < -0.4 is 10.2 Å². The first-order valence-corrected chi connectivity index (χ1v) is 6.58. The Labute approximate surface area is 122 Å². The number of amides is 1. The molecule has 8 nitrogen and oxygen atoms in total. The molecule has 8 heteroatoms. The van der Waals surface area contributed by atoms with E-state index in [2.05, 4.69) is 5.32 Å². The highest BCUT2D eigenvalue weighted by molar-refractivity contribution is 5.96. The van der Waals surface area contributed by atoms with Gasteiger partial charge in [0.1, 0.15) is 5.69 Å². The van der Waals surface area contributed by atoms with E-state index in [9.17, 15) is 14.9 Å². The maximum Gasteiger partial charge on any atom is 0.292 e. The van der Waals surface area contributed by atoms with Crippen LogP contribution in [-0.2, 0) is 0 Å². The molecule has 1 amide bonds. The average Bonchev–Trinajstić information content (AvgIpc) is 2.46. The van der Waals surface area contributed by atoms with E-state index >= 15 is 0 Å². The van der Waals surface area contributed by atoms with E-state index < -0.39 is 4.92 Å². The number of nitrogens with one attached hydrogen (secondary N) is 1. The zero-order valence-corrected chi connectivity index (χ0v) is 11.8. The second-order valence-corrected chi connectivity index (χ2v) is 4.25. The SMILES string of the molecule is CCNC(=O)c1ccc([N+](=O)[O-])c(N(CCO)CCO)c1. The summed E-state index contributed by atoms with van der Waals surface area (Å²) in [6.45, 7) is 2.03. The Morgan fingerprint density at radius 2 is 1.95 bits per heavy atom. The molecular formula is C13H19N3O5. The summed E-state index contributed by atoms with van der Waals surface area (Å²) in [7, 11) is 0. The van der Waals surface area contributed by atoms with Crippen LogP contribution in [0.15, 0.2) is 18.2 Å². The minimum Gasteiger partial charge on any atom is -0.395 e. The molecule has 0 heterocycles. The lowest BCUT2D eigenvalue weighted by molar-refractivity contribution is -0.384. The van der Waals surface area contributed by atoms with Gasteiger partial charge in [0, 0.05) is 31.3 Å². The number of nitro benzene ring substituents is 1. The fraction of sp³-hybridized carbons (Fsp3) is 0.462. The number of aliphatic hydroxyl groups excluding tert-OH is 2. The van der Waals surface area contributed by atoms with Gasteiger partial charge in [0.05, 0.1) is 18.1 Å². The largest absolute Gasteiger partial charge is 0.395 e. The first-order valence-electron chi connectivity index (χ1n) is 6.58. The second kappa shape index (κ2) is 8.18. The molecule has 116 valence electrons. The Hall–Kier alpha value is -2.19. The van der Waals surface area contributed by atoms with Crippen molar-refractivity contribution in [2.75, 3.05) is 37.7 Å². The second-order valence-electron chi connectivity index (χ2n) is 4.25. The summed E-state index contributed by atoms with van der Waals surface area (Å²) in [4.78, 5) is 23.8. The van der Waals surface area contributed by atoms with Gasteiger partial charge in [-0.2, -0.15) is 0 Å². The standard InChI is InChI=1S/C13H19N3O5/c1-2-14-13(19)10-3-4-11(16(20)21)12(9-10)15(5-7-17)6-8-18/h3-4,9,17-18H,2,5-8H2,1H3,(H,14,19). The molecule has 0 bridgehead atoms. The third-order valence-electron chi connectivity index (χ3n) is 2.85. The van der Waals surface area contributed by atoms with Crippen molar-refractivity contribution in [3.8, 4) is 0 Å². The fourth-order valence-electron chi connectivity index (χ4n) is 1.93. The number of carbonyl (C=O) groups excluding carboxylic acids is 1. The highest BCUT2D eigenvalue weighted by atomic mass is 16.6. The van der Waals surface area contributed by atoms with Crippen LogP contribution in [0.4, 0.5) is 11.4 Å². The predicted molar refractivity (Wildman–Crippen MR) is 77.5 cm³/mol. The van der Waals surface area contributed by atoms with Crippen LogP contribution in [0, 0.1) is 10.1 Å². The molecule has 1 aromatic rings. The summed E-state index contributed by atoms with van der Waals surface area (Å²) in [6, 6.07) is 4.03. The molecule has 0 spiro atoms. The minimum atomic E-state index is -0.557. The van der Waals surface area contributed by atoms with Crippen molar-refractivity contribution in [2.24, 2.45) is 0 Å². The molecule has 0 fully saturated rings. The molecule has 0 unspecified atom stereocenters. The van der Waals surface area contributed by atoms with Crippen molar-refractivity contribution in [1.29, 1.82) is 0 Å². The molecule has 0 aromatic heterocycles. The van der Waals surface area contributed by atoms with Crippen LogP contribution >= 0.6 is 0 Å². The molecule has 0 saturated carbocycles. The molecule has 0 saturated heterocycles. The Morgan fingerprint density at radius 1 is 1.33 bits per heavy atom. The van der Waals surface area contributed by atoms with Gasteiger partial charge >= 0.3 is 0 Å². The molecule has 3 N–H and O–H groups in total. The van der Waals surface area contributed by atoms with Crippen molar-refractivity contribution >= 4 is 17.3 Å². The van der Waals surface area contributed by atoms with E-state index in [4.69, 9.17) is 10.2 Å². The normalized spacial score (nSPS) is 10.2. The van der Waals surface area contributed by atoms with Gasteiger partial charge in [-0.1, -0.05) is 0 Å². The first-order chi connectivity index (χ1) is 10.0. The summed E-state index contributed by atoms with van der Waals surface area (Å²) in [5.41, 5.74) is 0.315. The molecule has 0 aliphatic carbocycles. The van der Waals surface area contributed by atoms with Crippen LogP contribution in [0.2, 0.25) is 0 Å². The van der Waals surface area contributed by atoms with E-state index in [1.807, 2.05) is 0 Å². The lowest BCUT2D eigenvalue weighted by atomic mass is 10.1. The van der Waals surface area contributed by atoms with Crippen LogP contribution in [0.1, 0.15) is 17.3 Å². The average molecular weight is 297 g/mol. The number of carbonyl (C=O) groups is 1.